The SMILES string of the molecule is Cc1ccc(NC(c2nnnn2C(c2ccccc2)c2ccccc2)C(C)C)cc1. The van der Waals surface area contributed by atoms with Gasteiger partial charge in [0.25, 0.3) is 0 Å². The second-order valence-corrected chi connectivity index (χ2v) is 7.94. The molecule has 5 heteroatoms. The van der Waals surface area contributed by atoms with E-state index in [0.29, 0.717) is 5.92 Å². The van der Waals surface area contributed by atoms with Crippen LogP contribution in [0.4, 0.5) is 5.69 Å². The summed E-state index contributed by atoms with van der Waals surface area (Å²) in [5, 5.41) is 16.6. The van der Waals surface area contributed by atoms with E-state index in [9.17, 15) is 0 Å². The maximum Gasteiger partial charge on any atom is 0.174 e. The van der Waals surface area contributed by atoms with Crippen molar-refractivity contribution in [2.24, 2.45) is 5.92 Å². The molecule has 0 bridgehead atoms. The van der Waals surface area contributed by atoms with E-state index in [1.807, 2.05) is 16.8 Å². The van der Waals surface area contributed by atoms with Gasteiger partial charge in [0.15, 0.2) is 5.82 Å². The highest BCUT2D eigenvalue weighted by Gasteiger charge is 2.28. The van der Waals surface area contributed by atoms with Crippen LogP contribution < -0.4 is 5.32 Å². The fourth-order valence-electron chi connectivity index (χ4n) is 3.69. The first kappa shape index (κ1) is 19.8. The summed E-state index contributed by atoms with van der Waals surface area (Å²) >= 11 is 0. The first-order valence-corrected chi connectivity index (χ1v) is 10.3. The van der Waals surface area contributed by atoms with Gasteiger partial charge in [-0.05, 0) is 46.5 Å². The molecule has 152 valence electrons. The van der Waals surface area contributed by atoms with Gasteiger partial charge < -0.3 is 5.32 Å². The maximum atomic E-state index is 4.46. The molecule has 0 aliphatic heterocycles. The standard InChI is InChI=1S/C25H27N5/c1-18(2)23(26-22-16-14-19(3)15-17-22)25-27-28-29-30(25)24(20-10-6-4-7-11-20)21-12-8-5-9-13-21/h4-18,23-24,26H,1-3H3. The Morgan fingerprint density at radius 1 is 0.767 bits per heavy atom. The predicted molar refractivity (Wildman–Crippen MR) is 120 cm³/mol. The first-order valence-electron chi connectivity index (χ1n) is 10.3. The summed E-state index contributed by atoms with van der Waals surface area (Å²) in [5.74, 6) is 1.12. The molecule has 1 atom stereocenters. The molecule has 0 aliphatic rings. The van der Waals surface area contributed by atoms with E-state index in [0.717, 1.165) is 22.6 Å². The lowest BCUT2D eigenvalue weighted by molar-refractivity contribution is 0.465. The Balaban J connectivity index is 1.77. The Bertz CT molecular complexity index is 1020. The molecule has 5 nitrogen and oxygen atoms in total. The highest BCUT2D eigenvalue weighted by atomic mass is 15.6. The second kappa shape index (κ2) is 8.91. The molecule has 1 unspecified atom stereocenters. The van der Waals surface area contributed by atoms with Gasteiger partial charge in [-0.3, -0.25) is 0 Å². The lowest BCUT2D eigenvalue weighted by Crippen LogP contribution is -2.25. The van der Waals surface area contributed by atoms with E-state index in [-0.39, 0.29) is 12.1 Å². The monoisotopic (exact) mass is 397 g/mol. The molecule has 1 heterocycles. The van der Waals surface area contributed by atoms with Gasteiger partial charge in [-0.2, -0.15) is 0 Å². The summed E-state index contributed by atoms with van der Waals surface area (Å²) < 4.78 is 1.95. The minimum absolute atomic E-state index is 0.0300. The second-order valence-electron chi connectivity index (χ2n) is 7.94. The fraction of sp³-hybridized carbons (Fsp3) is 0.240. The Morgan fingerprint density at radius 2 is 1.33 bits per heavy atom. The maximum absolute atomic E-state index is 4.46. The lowest BCUT2D eigenvalue weighted by atomic mass is 9.97. The molecule has 1 aromatic heterocycles. The lowest BCUT2D eigenvalue weighted by Gasteiger charge is -2.26. The number of benzene rings is 3. The molecule has 4 rings (SSSR count). The number of rotatable bonds is 7. The normalized spacial score (nSPS) is 12.3. The van der Waals surface area contributed by atoms with Crippen LogP contribution >= 0.6 is 0 Å². The highest BCUT2D eigenvalue weighted by Crippen LogP contribution is 2.31. The van der Waals surface area contributed by atoms with Crippen molar-refractivity contribution in [3.8, 4) is 0 Å². The summed E-state index contributed by atoms with van der Waals surface area (Å²) in [6, 6.07) is 29.1. The third-order valence-corrected chi connectivity index (χ3v) is 5.31. The number of tetrazole rings is 1. The zero-order valence-corrected chi connectivity index (χ0v) is 17.6. The van der Waals surface area contributed by atoms with Crippen LogP contribution in [0.15, 0.2) is 84.9 Å². The average Bonchev–Trinajstić information content (AvgIpc) is 3.23. The first-order chi connectivity index (χ1) is 14.6. The van der Waals surface area contributed by atoms with Gasteiger partial charge in [0.1, 0.15) is 6.04 Å². The van der Waals surface area contributed by atoms with Crippen LogP contribution in [0, 0.1) is 12.8 Å². The van der Waals surface area contributed by atoms with E-state index < -0.39 is 0 Å². The fourth-order valence-corrected chi connectivity index (χ4v) is 3.69. The Kier molecular flexibility index (Phi) is 5.89. The summed E-state index contributed by atoms with van der Waals surface area (Å²) in [7, 11) is 0. The summed E-state index contributed by atoms with van der Waals surface area (Å²) in [4.78, 5) is 0. The molecule has 4 aromatic rings. The molecule has 0 saturated heterocycles. The number of anilines is 1. The molecule has 30 heavy (non-hydrogen) atoms. The van der Waals surface area contributed by atoms with Gasteiger partial charge in [-0.25, -0.2) is 4.68 Å². The van der Waals surface area contributed by atoms with Crippen molar-refractivity contribution in [2.45, 2.75) is 32.9 Å². The molecular weight excluding hydrogens is 370 g/mol. The van der Waals surface area contributed by atoms with Crippen LogP contribution in [0.25, 0.3) is 0 Å². The van der Waals surface area contributed by atoms with E-state index in [1.165, 1.54) is 5.56 Å². The summed E-state index contributed by atoms with van der Waals surface area (Å²) in [6.07, 6.45) is 0. The van der Waals surface area contributed by atoms with Gasteiger partial charge in [0.05, 0.1) is 6.04 Å². The molecule has 0 saturated carbocycles. The largest absolute Gasteiger partial charge is 0.375 e. The molecule has 0 fully saturated rings. The van der Waals surface area contributed by atoms with Crippen LogP contribution in [-0.4, -0.2) is 20.2 Å². The molecule has 1 N–H and O–H groups in total. The third kappa shape index (κ3) is 4.25. The summed E-state index contributed by atoms with van der Waals surface area (Å²) in [5.41, 5.74) is 4.59. The van der Waals surface area contributed by atoms with Crippen LogP contribution in [0.2, 0.25) is 0 Å². The number of aromatic nitrogens is 4. The highest BCUT2D eigenvalue weighted by molar-refractivity contribution is 5.46. The van der Waals surface area contributed by atoms with E-state index in [2.05, 4.69) is 114 Å². The number of nitrogens with zero attached hydrogens (tertiary/aromatic N) is 4. The predicted octanol–water partition coefficient (Wildman–Crippen LogP) is 5.43. The topological polar surface area (TPSA) is 55.6 Å². The van der Waals surface area contributed by atoms with Crippen LogP contribution in [0.5, 0.6) is 0 Å². The molecule has 0 aliphatic carbocycles. The van der Waals surface area contributed by atoms with Crippen molar-refractivity contribution in [3.05, 3.63) is 107 Å². The molecular formula is C25H27N5. The number of hydrogen-bond acceptors (Lipinski definition) is 4. The quantitative estimate of drug-likeness (QED) is 0.452. The van der Waals surface area contributed by atoms with E-state index >= 15 is 0 Å². The number of hydrogen-bond donors (Lipinski definition) is 1. The van der Waals surface area contributed by atoms with Crippen molar-refractivity contribution in [2.75, 3.05) is 5.32 Å². The molecule has 0 amide bonds. The Hall–Kier alpha value is -3.47. The van der Waals surface area contributed by atoms with Crippen LogP contribution in [0.3, 0.4) is 0 Å². The van der Waals surface area contributed by atoms with E-state index in [4.69, 9.17) is 0 Å². The zero-order chi connectivity index (χ0) is 20.9. The van der Waals surface area contributed by atoms with Crippen molar-refractivity contribution in [3.63, 3.8) is 0 Å². The smallest absolute Gasteiger partial charge is 0.174 e. The van der Waals surface area contributed by atoms with Crippen LogP contribution in [0.1, 0.15) is 48.4 Å². The van der Waals surface area contributed by atoms with Crippen molar-refractivity contribution in [1.82, 2.24) is 20.2 Å². The van der Waals surface area contributed by atoms with Crippen molar-refractivity contribution < 1.29 is 0 Å². The zero-order valence-electron chi connectivity index (χ0n) is 17.6. The minimum Gasteiger partial charge on any atom is -0.375 e. The van der Waals surface area contributed by atoms with Gasteiger partial charge in [-0.15, -0.1) is 5.10 Å². The third-order valence-electron chi connectivity index (χ3n) is 5.31. The molecule has 0 spiro atoms. The van der Waals surface area contributed by atoms with Crippen LogP contribution in [-0.2, 0) is 0 Å². The van der Waals surface area contributed by atoms with Gasteiger partial charge in [0, 0.05) is 5.69 Å². The Morgan fingerprint density at radius 3 is 1.87 bits per heavy atom. The van der Waals surface area contributed by atoms with Gasteiger partial charge in [-0.1, -0.05) is 92.2 Å². The van der Waals surface area contributed by atoms with Gasteiger partial charge in [0.2, 0.25) is 0 Å². The average molecular weight is 398 g/mol. The summed E-state index contributed by atoms with van der Waals surface area (Å²) in [6.45, 7) is 6.46. The number of nitrogens with one attached hydrogen (secondary N) is 1. The van der Waals surface area contributed by atoms with Gasteiger partial charge >= 0.3 is 0 Å². The minimum atomic E-state index is -0.0986. The molecule has 3 aromatic carbocycles. The van der Waals surface area contributed by atoms with E-state index in [1.54, 1.807) is 0 Å². The van der Waals surface area contributed by atoms with Crippen molar-refractivity contribution in [1.29, 1.82) is 0 Å². The molecule has 0 radical (unpaired) electrons. The van der Waals surface area contributed by atoms with Crippen molar-refractivity contribution >= 4 is 5.69 Å². The number of aryl methyl sites for hydroxylation is 1. The Labute approximate surface area is 177 Å².